The largest absolute Gasteiger partial charge is 0.371 e. The highest BCUT2D eigenvalue weighted by Gasteiger charge is 2.26. The molecule has 0 saturated carbocycles. The maximum absolute atomic E-state index is 11.6. The fraction of sp³-hybridized carbons (Fsp3) is 0.611. The minimum absolute atomic E-state index is 0.167. The third kappa shape index (κ3) is 4.82. The van der Waals surface area contributed by atoms with Crippen molar-refractivity contribution in [2.24, 2.45) is 0 Å². The van der Waals surface area contributed by atoms with Gasteiger partial charge in [0.2, 0.25) is 5.91 Å². The highest BCUT2D eigenvalue weighted by molar-refractivity contribution is 5.75. The molecule has 0 unspecified atom stereocenters. The van der Waals surface area contributed by atoms with Crippen LogP contribution in [0.1, 0.15) is 37.9 Å². The van der Waals surface area contributed by atoms with E-state index in [0.717, 1.165) is 32.5 Å². The molecule has 1 saturated heterocycles. The molecule has 4 heteroatoms. The van der Waals surface area contributed by atoms with Crippen molar-refractivity contribution in [1.29, 1.82) is 0 Å². The zero-order valence-electron chi connectivity index (χ0n) is 14.0. The van der Waals surface area contributed by atoms with Crippen LogP contribution in [-0.4, -0.2) is 55.5 Å². The minimum Gasteiger partial charge on any atom is -0.371 e. The molecular weight excluding hydrogens is 276 g/mol. The Kier molecular flexibility index (Phi) is 6.40. The molecule has 1 aromatic rings. The van der Waals surface area contributed by atoms with Gasteiger partial charge in [-0.3, -0.25) is 9.69 Å². The van der Waals surface area contributed by atoms with E-state index in [4.69, 9.17) is 4.74 Å². The lowest BCUT2D eigenvalue weighted by Gasteiger charge is -2.38. The lowest BCUT2D eigenvalue weighted by Crippen LogP contribution is -2.45. The van der Waals surface area contributed by atoms with Gasteiger partial charge in [-0.1, -0.05) is 30.3 Å². The molecule has 2 rings (SSSR count). The van der Waals surface area contributed by atoms with Crippen LogP contribution in [0.5, 0.6) is 0 Å². The number of hydrogen-bond acceptors (Lipinski definition) is 3. The van der Waals surface area contributed by atoms with Crippen LogP contribution < -0.4 is 0 Å². The fourth-order valence-electron chi connectivity index (χ4n) is 2.80. The van der Waals surface area contributed by atoms with Crippen molar-refractivity contribution in [3.05, 3.63) is 35.9 Å². The first-order chi connectivity index (χ1) is 10.6. The highest BCUT2D eigenvalue weighted by Crippen LogP contribution is 2.24. The smallest absolute Gasteiger partial charge is 0.222 e. The summed E-state index contributed by atoms with van der Waals surface area (Å²) in [5.41, 5.74) is 1.25. The van der Waals surface area contributed by atoms with Crippen LogP contribution in [0.3, 0.4) is 0 Å². The average molecular weight is 304 g/mol. The number of benzene rings is 1. The van der Waals surface area contributed by atoms with Crippen molar-refractivity contribution in [3.8, 4) is 0 Å². The maximum Gasteiger partial charge on any atom is 0.222 e. The standard InChI is InChI=1S/C18H28N2O2/c1-15-14-22-17(16-9-5-4-6-10-16)13-20(15)12-8-7-11-18(21)19(2)3/h4-6,9-10,15,17H,7-8,11-14H2,1-3H3/t15-,17-/m1/s1. The second-order valence-corrected chi connectivity index (χ2v) is 6.32. The van der Waals surface area contributed by atoms with Gasteiger partial charge in [0, 0.05) is 33.1 Å². The highest BCUT2D eigenvalue weighted by atomic mass is 16.5. The molecule has 0 aliphatic carbocycles. The fourth-order valence-corrected chi connectivity index (χ4v) is 2.80. The number of carbonyl (C=O) groups is 1. The zero-order chi connectivity index (χ0) is 15.9. The molecule has 1 heterocycles. The maximum atomic E-state index is 11.6. The van der Waals surface area contributed by atoms with Gasteiger partial charge in [-0.2, -0.15) is 0 Å². The second kappa shape index (κ2) is 8.30. The summed E-state index contributed by atoms with van der Waals surface area (Å²) in [4.78, 5) is 15.7. The van der Waals surface area contributed by atoms with E-state index < -0.39 is 0 Å². The Bertz CT molecular complexity index is 461. The summed E-state index contributed by atoms with van der Waals surface area (Å²) in [7, 11) is 3.63. The number of ether oxygens (including phenoxy) is 1. The van der Waals surface area contributed by atoms with Crippen LogP contribution in [-0.2, 0) is 9.53 Å². The van der Waals surface area contributed by atoms with Gasteiger partial charge < -0.3 is 9.64 Å². The lowest BCUT2D eigenvalue weighted by molar-refractivity contribution is -0.128. The van der Waals surface area contributed by atoms with Crippen LogP contribution in [0.4, 0.5) is 0 Å². The molecule has 1 fully saturated rings. The summed E-state index contributed by atoms with van der Waals surface area (Å²) in [5, 5.41) is 0. The van der Waals surface area contributed by atoms with Crippen molar-refractivity contribution >= 4 is 5.91 Å². The van der Waals surface area contributed by atoms with Gasteiger partial charge in [0.1, 0.15) is 0 Å². The molecule has 1 aliphatic heterocycles. The van der Waals surface area contributed by atoms with Crippen molar-refractivity contribution in [1.82, 2.24) is 9.80 Å². The van der Waals surface area contributed by atoms with Gasteiger partial charge in [0.25, 0.3) is 0 Å². The summed E-state index contributed by atoms with van der Waals surface area (Å²) in [6.45, 7) is 4.96. The van der Waals surface area contributed by atoms with Gasteiger partial charge in [-0.25, -0.2) is 0 Å². The van der Waals surface area contributed by atoms with E-state index in [-0.39, 0.29) is 12.0 Å². The third-order valence-electron chi connectivity index (χ3n) is 4.32. The van der Waals surface area contributed by atoms with Crippen LogP contribution >= 0.6 is 0 Å². The number of hydrogen-bond donors (Lipinski definition) is 0. The summed E-state index contributed by atoms with van der Waals surface area (Å²) >= 11 is 0. The molecule has 0 N–H and O–H groups in total. The number of amides is 1. The van der Waals surface area contributed by atoms with Gasteiger partial charge in [-0.05, 0) is 31.9 Å². The Morgan fingerprint density at radius 3 is 2.68 bits per heavy atom. The number of rotatable bonds is 6. The van der Waals surface area contributed by atoms with Crippen LogP contribution in [0.15, 0.2) is 30.3 Å². The molecule has 1 amide bonds. The van der Waals surface area contributed by atoms with Crippen molar-refractivity contribution in [3.63, 3.8) is 0 Å². The molecule has 0 aromatic heterocycles. The summed E-state index contributed by atoms with van der Waals surface area (Å²) in [6, 6.07) is 10.9. The summed E-state index contributed by atoms with van der Waals surface area (Å²) < 4.78 is 5.98. The number of unbranched alkanes of at least 4 members (excludes halogenated alkanes) is 1. The Morgan fingerprint density at radius 2 is 2.00 bits per heavy atom. The first-order valence-electron chi connectivity index (χ1n) is 8.18. The van der Waals surface area contributed by atoms with E-state index >= 15 is 0 Å². The molecule has 2 atom stereocenters. The summed E-state index contributed by atoms with van der Waals surface area (Å²) in [5.74, 6) is 0.220. The molecule has 0 radical (unpaired) electrons. The van der Waals surface area contributed by atoms with Crippen LogP contribution in [0.2, 0.25) is 0 Å². The van der Waals surface area contributed by atoms with Gasteiger partial charge in [0.05, 0.1) is 12.7 Å². The van der Waals surface area contributed by atoms with Crippen LogP contribution in [0.25, 0.3) is 0 Å². The molecule has 4 nitrogen and oxygen atoms in total. The van der Waals surface area contributed by atoms with Crippen molar-refractivity contribution in [2.75, 3.05) is 33.8 Å². The lowest BCUT2D eigenvalue weighted by atomic mass is 10.1. The average Bonchev–Trinajstić information content (AvgIpc) is 2.53. The zero-order valence-corrected chi connectivity index (χ0v) is 14.0. The van der Waals surface area contributed by atoms with Gasteiger partial charge >= 0.3 is 0 Å². The Hall–Kier alpha value is -1.39. The molecular formula is C18H28N2O2. The van der Waals surface area contributed by atoms with Gasteiger partial charge in [-0.15, -0.1) is 0 Å². The number of morpholine rings is 1. The monoisotopic (exact) mass is 304 g/mol. The van der Waals surface area contributed by atoms with E-state index in [1.807, 2.05) is 20.2 Å². The van der Waals surface area contributed by atoms with Gasteiger partial charge in [0.15, 0.2) is 0 Å². The predicted octanol–water partition coefficient (Wildman–Crippen LogP) is 2.71. The topological polar surface area (TPSA) is 32.8 Å². The quantitative estimate of drug-likeness (QED) is 0.758. The van der Waals surface area contributed by atoms with Crippen molar-refractivity contribution in [2.45, 2.75) is 38.3 Å². The third-order valence-corrected chi connectivity index (χ3v) is 4.32. The predicted molar refractivity (Wildman–Crippen MR) is 88.7 cm³/mol. The van der Waals surface area contributed by atoms with Crippen molar-refractivity contribution < 1.29 is 9.53 Å². The molecule has 22 heavy (non-hydrogen) atoms. The molecule has 1 aromatic carbocycles. The molecule has 0 spiro atoms. The summed E-state index contributed by atoms with van der Waals surface area (Å²) in [6.07, 6.45) is 2.83. The van der Waals surface area contributed by atoms with E-state index in [9.17, 15) is 4.79 Å². The Morgan fingerprint density at radius 1 is 1.27 bits per heavy atom. The van der Waals surface area contributed by atoms with E-state index in [2.05, 4.69) is 36.1 Å². The second-order valence-electron chi connectivity index (χ2n) is 6.32. The Balaban J connectivity index is 1.78. The first kappa shape index (κ1) is 17.0. The van der Waals surface area contributed by atoms with E-state index in [0.29, 0.717) is 12.5 Å². The van der Waals surface area contributed by atoms with Crippen LogP contribution in [0, 0.1) is 0 Å². The Labute approximate surface area is 134 Å². The first-order valence-corrected chi connectivity index (χ1v) is 8.18. The SMILES string of the molecule is C[C@@H]1CO[C@@H](c2ccccc2)CN1CCCCC(=O)N(C)C. The normalized spacial score (nSPS) is 22.5. The minimum atomic E-state index is 0.167. The molecule has 0 bridgehead atoms. The van der Waals surface area contributed by atoms with E-state index in [1.165, 1.54) is 5.56 Å². The molecule has 1 aliphatic rings. The molecule has 122 valence electrons. The number of carbonyl (C=O) groups excluding carboxylic acids is 1. The number of nitrogens with zero attached hydrogens (tertiary/aromatic N) is 2. The van der Waals surface area contributed by atoms with E-state index in [1.54, 1.807) is 4.90 Å².